The number of allylic oxidation sites excluding steroid dienone is 2. The lowest BCUT2D eigenvalue weighted by Crippen LogP contribution is -2.52. The van der Waals surface area contributed by atoms with E-state index in [0.29, 0.717) is 56.4 Å². The zero-order valence-electron chi connectivity index (χ0n) is 55.0. The zero-order chi connectivity index (χ0) is 61.6. The summed E-state index contributed by atoms with van der Waals surface area (Å²) in [6.07, 6.45) is 22.2. The van der Waals surface area contributed by atoms with Crippen molar-refractivity contribution < 1.29 is 26.4 Å². The third kappa shape index (κ3) is 12.9. The predicted molar refractivity (Wildman–Crippen MR) is 351 cm³/mol. The molecule has 2 aromatic carbocycles. The van der Waals surface area contributed by atoms with Crippen molar-refractivity contribution in [1.29, 1.82) is 0 Å². The van der Waals surface area contributed by atoms with E-state index in [1.54, 1.807) is 5.57 Å². The van der Waals surface area contributed by atoms with Gasteiger partial charge in [0.2, 0.25) is 0 Å². The van der Waals surface area contributed by atoms with E-state index in [1.165, 1.54) is 18.4 Å². The molecule has 8 aliphatic carbocycles. The average Bonchev–Trinajstić information content (AvgIpc) is 2.16. The Morgan fingerprint density at radius 1 is 0.554 bits per heavy atom. The zero-order valence-corrected chi connectivity index (χ0v) is 59.4. The number of nitrogens with one attached hydrogen (secondary N) is 2. The number of rotatable bonds is 8. The maximum Gasteiger partial charge on any atom is 0.277 e. The summed E-state index contributed by atoms with van der Waals surface area (Å²) in [4.78, 5) is 6.01. The minimum Gasteiger partial charge on any atom is -0.414 e. The fourth-order valence-corrected chi connectivity index (χ4v) is 21.4. The first-order chi connectivity index (χ1) is 38.1. The largest absolute Gasteiger partial charge is 0.414 e. The number of hydrogen-bond acceptors (Lipinski definition) is 8. The number of aliphatic hydroxyl groups excluding tert-OH is 1. The fraction of sp³-hybridized carbons (Fsp3) is 0.735. The highest BCUT2D eigenvalue weighted by atomic mass is 35.6. The van der Waals surface area contributed by atoms with Gasteiger partial charge in [-0.05, 0) is 236 Å². The minimum atomic E-state index is -3.72. The van der Waals surface area contributed by atoms with Gasteiger partial charge in [0.15, 0.2) is 15.7 Å². The number of hydrogen-bond donors (Lipinski definition) is 3. The first-order valence-corrected chi connectivity index (χ1v) is 41.8. The van der Waals surface area contributed by atoms with Crippen molar-refractivity contribution in [1.82, 2.24) is 9.66 Å². The molecule has 10 nitrogen and oxygen atoms in total. The van der Waals surface area contributed by atoms with E-state index in [4.69, 9.17) is 15.5 Å². The first kappa shape index (κ1) is 66.4. The molecule has 3 N–H and O–H groups in total. The van der Waals surface area contributed by atoms with E-state index in [2.05, 4.69) is 127 Å². The first-order valence-electron chi connectivity index (χ1n) is 31.9. The minimum absolute atomic E-state index is 0.0363. The second-order valence-electron chi connectivity index (χ2n) is 31.6. The third-order valence-electron chi connectivity index (χ3n) is 24.0. The number of hydrazone groups is 2. The smallest absolute Gasteiger partial charge is 0.277 e. The standard InChI is InChI=1S/C34H54N2O3SSi.C28H40N2O3S.C6H15ClSi/c1-22-19-23(2)31(24(3)20-22)40(37,38)36-35-30-14-13-28-27-12-11-25-21-26(39-41(9,10)32(4,5)6)15-17-33(25,7)29(27)16-18-34(28,30)8;1-17-14-18(2)26(19(3)15-17)34(32,33)30-29-25-9-8-23-22-7-6-20-16-21(31)10-12-27(20,4)24(22)11-13-28(23,25)5;1-6(2,3)8(4,5)7/h11,19-20,26-29,36H,12-18,21H2,1-10H3;6,14-15,21-24,30-31H,7-13,16H2,1-5H3;1-5H3/b35-30+;29-25+;/t26-,27?,28?,29?,33-,34-;21-,22?,23?,24?,27-,28-;/m00./s1. The predicted octanol–water partition coefficient (Wildman–Crippen LogP) is 17.4. The molecule has 6 unspecified atom stereocenters. The van der Waals surface area contributed by atoms with Crippen molar-refractivity contribution >= 4 is 58.2 Å². The van der Waals surface area contributed by atoms with Crippen LogP contribution in [0.5, 0.6) is 0 Å². The monoisotopic (exact) mass is 1230 g/mol. The lowest BCUT2D eigenvalue weighted by atomic mass is 9.48. The molecule has 0 aromatic heterocycles. The molecule has 0 spiro atoms. The molecule has 0 heterocycles. The summed E-state index contributed by atoms with van der Waals surface area (Å²) in [5.74, 6) is 3.72. The van der Waals surface area contributed by atoms with E-state index in [-0.39, 0.29) is 32.8 Å². The van der Waals surface area contributed by atoms with E-state index < -0.39 is 35.7 Å². The molecule has 0 saturated heterocycles. The van der Waals surface area contributed by atoms with Gasteiger partial charge in [-0.1, -0.05) is 141 Å². The van der Waals surface area contributed by atoms with Crippen LogP contribution in [0.1, 0.15) is 205 Å². The molecular weight excluding hydrogens is 1120 g/mol. The summed E-state index contributed by atoms with van der Waals surface area (Å²) in [6, 6.07) is 7.69. The Morgan fingerprint density at radius 3 is 1.28 bits per heavy atom. The van der Waals surface area contributed by atoms with E-state index in [1.807, 2.05) is 65.8 Å². The molecule has 0 amide bonds. The Kier molecular flexibility index (Phi) is 18.7. The second-order valence-corrected chi connectivity index (χ2v) is 46.9. The van der Waals surface area contributed by atoms with Crippen LogP contribution in [0.4, 0.5) is 0 Å². The van der Waals surface area contributed by atoms with Crippen LogP contribution in [-0.2, 0) is 24.5 Å². The van der Waals surface area contributed by atoms with Crippen molar-refractivity contribution in [3.63, 3.8) is 0 Å². The Labute approximate surface area is 511 Å². The lowest BCUT2D eigenvalue weighted by Gasteiger charge is -2.57. The van der Waals surface area contributed by atoms with E-state index in [9.17, 15) is 21.9 Å². The molecule has 0 aliphatic heterocycles. The van der Waals surface area contributed by atoms with Gasteiger partial charge in [0.05, 0.1) is 15.9 Å². The van der Waals surface area contributed by atoms with Crippen LogP contribution >= 0.6 is 11.1 Å². The summed E-state index contributed by atoms with van der Waals surface area (Å²) in [5, 5.41) is 20.1. The van der Waals surface area contributed by atoms with Crippen LogP contribution in [0.3, 0.4) is 0 Å². The molecule has 2 aromatic rings. The van der Waals surface area contributed by atoms with Crippen LogP contribution in [0, 0.1) is 98.7 Å². The normalized spacial score (nSPS) is 34.5. The molecule has 0 radical (unpaired) electrons. The third-order valence-corrected chi connectivity index (χ3v) is 36.8. The molecule has 12 atom stereocenters. The van der Waals surface area contributed by atoms with Crippen LogP contribution in [0.25, 0.3) is 0 Å². The molecule has 464 valence electrons. The highest BCUT2D eigenvalue weighted by molar-refractivity contribution is 7.89. The van der Waals surface area contributed by atoms with E-state index >= 15 is 0 Å². The molecule has 0 bridgehead atoms. The van der Waals surface area contributed by atoms with Crippen molar-refractivity contribution in [3.05, 3.63) is 80.9 Å². The topological polar surface area (TPSA) is 147 Å². The Bertz CT molecular complexity index is 3090. The highest BCUT2D eigenvalue weighted by Crippen LogP contribution is 2.66. The van der Waals surface area contributed by atoms with Gasteiger partial charge in [-0.3, -0.25) is 0 Å². The van der Waals surface area contributed by atoms with E-state index in [0.717, 1.165) is 135 Å². The van der Waals surface area contributed by atoms with Crippen LogP contribution in [0.2, 0.25) is 36.3 Å². The number of fused-ring (bicyclic) bond motifs is 10. The van der Waals surface area contributed by atoms with Crippen molar-refractivity contribution in [2.45, 2.75) is 272 Å². The van der Waals surface area contributed by atoms with Gasteiger partial charge in [-0.15, -0.1) is 0 Å². The van der Waals surface area contributed by atoms with Gasteiger partial charge in [0.1, 0.15) is 0 Å². The SMILES string of the molecule is CC(C)(C)[Si](C)(C)Cl.Cc1cc(C)c(S(=O)(=O)N/N=C2\CCC3C4CC=C5C[C@@H](O)CC[C@]5(C)C4CC[C@]23C)c(C)c1.Cc1cc(C)c(S(=O)(=O)N/N=C2\CCC3C4CC=C5C[C@@H](O[Si](C)(C)C(C)(C)C)CC[C@]5(C)C4CC[C@]23C)c(C)c1. The van der Waals surface area contributed by atoms with Crippen molar-refractivity contribution in [2.75, 3.05) is 0 Å². The molecule has 6 fully saturated rings. The van der Waals surface area contributed by atoms with Crippen LogP contribution in [0.15, 0.2) is 67.6 Å². The summed E-state index contributed by atoms with van der Waals surface area (Å²) in [6.45, 7) is 43.8. The number of aryl methyl sites for hydroxylation is 6. The number of sulfonamides is 2. The van der Waals surface area contributed by atoms with Crippen molar-refractivity contribution in [2.24, 2.45) is 67.4 Å². The maximum atomic E-state index is 13.4. The summed E-state index contributed by atoms with van der Waals surface area (Å²) in [7, 11) is -10.6. The van der Waals surface area contributed by atoms with Gasteiger partial charge in [-0.2, -0.15) is 38.1 Å². The number of nitrogens with zero attached hydrogens (tertiary/aromatic N) is 2. The van der Waals surface area contributed by atoms with Gasteiger partial charge >= 0.3 is 0 Å². The number of aliphatic hydroxyl groups is 1. The summed E-state index contributed by atoms with van der Waals surface area (Å²) < 4.78 is 60.1. The second kappa shape index (κ2) is 23.4. The highest BCUT2D eigenvalue weighted by Gasteiger charge is 2.60. The van der Waals surface area contributed by atoms with Crippen LogP contribution in [-0.4, -0.2) is 61.3 Å². The molecule has 8 aliphatic rings. The molecular formula is C68H109ClN4O6S2Si2. The number of halogens is 1. The van der Waals surface area contributed by atoms with Gasteiger partial charge in [0, 0.05) is 28.4 Å². The number of benzene rings is 2. The fourth-order valence-electron chi connectivity index (χ4n) is 17.4. The van der Waals surface area contributed by atoms with Gasteiger partial charge in [0.25, 0.3) is 20.0 Å². The Balaban J connectivity index is 0.000000194. The molecule has 6 saturated carbocycles. The molecule has 83 heavy (non-hydrogen) atoms. The van der Waals surface area contributed by atoms with Crippen LogP contribution < -0.4 is 9.66 Å². The Morgan fingerprint density at radius 2 is 0.904 bits per heavy atom. The maximum absolute atomic E-state index is 13.4. The molecule has 10 rings (SSSR count). The summed E-state index contributed by atoms with van der Waals surface area (Å²) >= 11 is 6.15. The van der Waals surface area contributed by atoms with Crippen molar-refractivity contribution in [3.8, 4) is 0 Å². The average molecular weight is 1230 g/mol. The molecule has 15 heteroatoms. The summed E-state index contributed by atoms with van der Waals surface area (Å²) in [5.41, 5.74) is 10.8. The Hall–Kier alpha value is -2.60. The quantitative estimate of drug-likeness (QED) is 0.104. The lowest BCUT2D eigenvalue weighted by molar-refractivity contribution is -0.0209. The van der Waals surface area contributed by atoms with Gasteiger partial charge < -0.3 is 9.53 Å². The van der Waals surface area contributed by atoms with Gasteiger partial charge in [-0.25, -0.2) is 9.66 Å².